The topological polar surface area (TPSA) is 87.1 Å². The summed E-state index contributed by atoms with van der Waals surface area (Å²) in [5.41, 5.74) is 3.34. The van der Waals surface area contributed by atoms with Crippen LogP contribution in [0.25, 0.3) is 5.76 Å². The number of benzene rings is 3. The lowest BCUT2D eigenvalue weighted by atomic mass is 9.94. The third-order valence-corrected chi connectivity index (χ3v) is 6.49. The van der Waals surface area contributed by atoms with E-state index in [-0.39, 0.29) is 17.1 Å². The number of hydrogen-bond donors (Lipinski definition) is 2. The molecule has 0 spiro atoms. The van der Waals surface area contributed by atoms with Gasteiger partial charge in [-0.1, -0.05) is 52.0 Å². The Balaban J connectivity index is 1.84. The molecule has 0 radical (unpaired) electrons. The van der Waals surface area contributed by atoms with Gasteiger partial charge < -0.3 is 14.9 Å². The number of rotatable bonds is 7. The van der Waals surface area contributed by atoms with E-state index >= 15 is 0 Å². The highest BCUT2D eigenvalue weighted by Crippen LogP contribution is 2.43. The van der Waals surface area contributed by atoms with E-state index in [2.05, 4.69) is 27.7 Å². The number of hydrogen-bond acceptors (Lipinski definition) is 5. The van der Waals surface area contributed by atoms with Gasteiger partial charge in [-0.3, -0.25) is 14.5 Å². The first kappa shape index (κ1) is 26.0. The minimum absolute atomic E-state index is 0.000687. The number of amides is 1. The predicted molar refractivity (Wildman–Crippen MR) is 145 cm³/mol. The van der Waals surface area contributed by atoms with Crippen LogP contribution in [0.5, 0.6) is 11.5 Å². The molecule has 1 heterocycles. The van der Waals surface area contributed by atoms with Crippen molar-refractivity contribution in [2.45, 2.75) is 46.6 Å². The van der Waals surface area contributed by atoms with Gasteiger partial charge in [0.1, 0.15) is 17.3 Å². The molecule has 1 fully saturated rings. The molecule has 1 atom stereocenters. The second kappa shape index (κ2) is 10.5. The van der Waals surface area contributed by atoms with Crippen molar-refractivity contribution in [3.05, 3.63) is 94.6 Å². The maximum atomic E-state index is 13.4. The van der Waals surface area contributed by atoms with Gasteiger partial charge in [-0.25, -0.2) is 0 Å². The van der Waals surface area contributed by atoms with E-state index in [0.29, 0.717) is 41.0 Å². The summed E-state index contributed by atoms with van der Waals surface area (Å²) in [7, 11) is 0. The molecule has 1 aliphatic rings. The number of carbonyl (C=O) groups excluding carboxylic acids is 2. The van der Waals surface area contributed by atoms with Crippen LogP contribution in [0, 0.1) is 12.8 Å². The first-order valence-corrected chi connectivity index (χ1v) is 12.5. The van der Waals surface area contributed by atoms with Crippen molar-refractivity contribution in [3.63, 3.8) is 0 Å². The third kappa shape index (κ3) is 5.24. The highest BCUT2D eigenvalue weighted by atomic mass is 16.5. The Hall–Kier alpha value is -4.06. The van der Waals surface area contributed by atoms with Crippen LogP contribution in [0.4, 0.5) is 5.69 Å². The summed E-state index contributed by atoms with van der Waals surface area (Å²) >= 11 is 0. The molecule has 6 nitrogen and oxygen atoms in total. The van der Waals surface area contributed by atoms with Crippen LogP contribution in [-0.2, 0) is 9.59 Å². The molecular weight excluding hydrogens is 466 g/mol. The average Bonchev–Trinajstić information content (AvgIpc) is 3.13. The number of aliphatic hydroxyl groups is 1. The SMILES string of the molecule is Cc1cc(/C(O)=C2/C(=O)C(=O)N(c3ccc(C(C)C)cc3)C2c2cccc(O)c2)ccc1OCC(C)C. The highest BCUT2D eigenvalue weighted by molar-refractivity contribution is 6.51. The molecule has 2 N–H and O–H groups in total. The first-order valence-electron chi connectivity index (χ1n) is 12.5. The van der Waals surface area contributed by atoms with Crippen LogP contribution in [0.15, 0.2) is 72.3 Å². The molecule has 0 saturated carbocycles. The molecule has 0 aliphatic carbocycles. The van der Waals surface area contributed by atoms with E-state index in [0.717, 1.165) is 11.1 Å². The smallest absolute Gasteiger partial charge is 0.300 e. The average molecular weight is 500 g/mol. The van der Waals surface area contributed by atoms with Gasteiger partial charge >= 0.3 is 0 Å². The molecule has 1 unspecified atom stereocenters. The molecule has 0 aromatic heterocycles. The van der Waals surface area contributed by atoms with Crippen molar-refractivity contribution in [2.75, 3.05) is 11.5 Å². The van der Waals surface area contributed by atoms with Crippen molar-refractivity contribution < 1.29 is 24.5 Å². The molecule has 3 aromatic carbocycles. The summed E-state index contributed by atoms with van der Waals surface area (Å²) in [6.07, 6.45) is 0. The van der Waals surface area contributed by atoms with Crippen LogP contribution in [0.1, 0.15) is 61.9 Å². The van der Waals surface area contributed by atoms with Gasteiger partial charge in [0.25, 0.3) is 11.7 Å². The second-order valence-corrected chi connectivity index (χ2v) is 10.2. The molecule has 1 amide bonds. The Labute approximate surface area is 217 Å². The van der Waals surface area contributed by atoms with Crippen molar-refractivity contribution in [2.24, 2.45) is 5.92 Å². The Bertz CT molecular complexity index is 1350. The molecule has 3 aromatic rings. The highest BCUT2D eigenvalue weighted by Gasteiger charge is 2.47. The number of anilines is 1. The number of aromatic hydroxyl groups is 1. The van der Waals surface area contributed by atoms with Crippen molar-refractivity contribution in [1.29, 1.82) is 0 Å². The monoisotopic (exact) mass is 499 g/mol. The number of aryl methyl sites for hydroxylation is 1. The lowest BCUT2D eigenvalue weighted by molar-refractivity contribution is -0.132. The van der Waals surface area contributed by atoms with E-state index in [1.54, 1.807) is 42.5 Å². The molecule has 37 heavy (non-hydrogen) atoms. The second-order valence-electron chi connectivity index (χ2n) is 10.2. The zero-order valence-electron chi connectivity index (χ0n) is 21.9. The van der Waals surface area contributed by atoms with Crippen LogP contribution in [0.3, 0.4) is 0 Å². The summed E-state index contributed by atoms with van der Waals surface area (Å²) in [6, 6.07) is 18.2. The van der Waals surface area contributed by atoms with Gasteiger partial charge in [0.2, 0.25) is 0 Å². The van der Waals surface area contributed by atoms with Crippen LogP contribution < -0.4 is 9.64 Å². The molecule has 4 rings (SSSR count). The molecular formula is C31H33NO5. The van der Waals surface area contributed by atoms with E-state index in [1.165, 1.54) is 17.0 Å². The number of aliphatic hydroxyl groups excluding tert-OH is 1. The Kier molecular flexibility index (Phi) is 7.39. The normalized spacial score (nSPS) is 17.2. The molecule has 1 aliphatic heterocycles. The lowest BCUT2D eigenvalue weighted by Gasteiger charge is -2.26. The van der Waals surface area contributed by atoms with Gasteiger partial charge in [-0.15, -0.1) is 0 Å². The summed E-state index contributed by atoms with van der Waals surface area (Å²) in [6.45, 7) is 10.7. The van der Waals surface area contributed by atoms with Crippen molar-refractivity contribution >= 4 is 23.1 Å². The largest absolute Gasteiger partial charge is 0.508 e. The van der Waals surface area contributed by atoms with E-state index in [4.69, 9.17) is 4.74 Å². The number of Topliss-reactive ketones (excluding diaryl/α,β-unsaturated/α-hetero) is 1. The number of nitrogens with zero attached hydrogens (tertiary/aromatic N) is 1. The predicted octanol–water partition coefficient (Wildman–Crippen LogP) is 6.49. The van der Waals surface area contributed by atoms with Crippen molar-refractivity contribution in [3.8, 4) is 11.5 Å². The van der Waals surface area contributed by atoms with E-state index < -0.39 is 17.7 Å². The summed E-state index contributed by atoms with van der Waals surface area (Å²) in [5, 5.41) is 21.6. The lowest BCUT2D eigenvalue weighted by Crippen LogP contribution is -2.29. The van der Waals surface area contributed by atoms with Gasteiger partial charge in [0, 0.05) is 11.3 Å². The molecule has 192 valence electrons. The number of phenolic OH excluding ortho intramolecular Hbond substituents is 1. The standard InChI is InChI=1S/C31H33NO5/c1-18(2)17-37-26-14-11-23(15-20(26)5)29(34)27-28(22-7-6-8-25(33)16-22)32(31(36)30(27)35)24-12-9-21(10-13-24)19(3)4/h6-16,18-19,28,33-34H,17H2,1-5H3/b29-27-. The number of phenols is 1. The fraction of sp³-hybridized carbons (Fsp3) is 0.290. The molecule has 0 bridgehead atoms. The first-order chi connectivity index (χ1) is 17.6. The van der Waals surface area contributed by atoms with E-state index in [9.17, 15) is 19.8 Å². The Morgan fingerprint density at radius 2 is 1.68 bits per heavy atom. The number of ether oxygens (including phenoxy) is 1. The molecule has 6 heteroatoms. The van der Waals surface area contributed by atoms with Gasteiger partial charge in [-0.05, 0) is 77.9 Å². The van der Waals surface area contributed by atoms with Crippen molar-refractivity contribution in [1.82, 2.24) is 0 Å². The maximum absolute atomic E-state index is 13.4. The van der Waals surface area contributed by atoms with Crippen LogP contribution in [-0.4, -0.2) is 28.5 Å². The Morgan fingerprint density at radius 1 is 0.973 bits per heavy atom. The number of ketones is 1. The van der Waals surface area contributed by atoms with Crippen LogP contribution >= 0.6 is 0 Å². The van der Waals surface area contributed by atoms with Gasteiger partial charge in [0.05, 0.1) is 18.2 Å². The maximum Gasteiger partial charge on any atom is 0.300 e. The summed E-state index contributed by atoms with van der Waals surface area (Å²) in [4.78, 5) is 28.1. The quantitative estimate of drug-likeness (QED) is 0.221. The van der Waals surface area contributed by atoms with Gasteiger partial charge in [-0.2, -0.15) is 0 Å². The minimum atomic E-state index is -0.908. The summed E-state index contributed by atoms with van der Waals surface area (Å²) < 4.78 is 5.85. The van der Waals surface area contributed by atoms with Crippen LogP contribution in [0.2, 0.25) is 0 Å². The third-order valence-electron chi connectivity index (χ3n) is 6.49. The number of carbonyl (C=O) groups is 2. The van der Waals surface area contributed by atoms with Gasteiger partial charge in [0.15, 0.2) is 0 Å². The van der Waals surface area contributed by atoms with E-state index in [1.807, 2.05) is 19.1 Å². The fourth-order valence-corrected chi connectivity index (χ4v) is 4.50. The Morgan fingerprint density at radius 3 is 2.27 bits per heavy atom. The molecule has 1 saturated heterocycles. The fourth-order valence-electron chi connectivity index (χ4n) is 4.50. The zero-order valence-corrected chi connectivity index (χ0v) is 21.9. The minimum Gasteiger partial charge on any atom is -0.508 e. The summed E-state index contributed by atoms with van der Waals surface area (Å²) in [5.74, 6) is -0.424. The zero-order chi connectivity index (χ0) is 26.9.